The van der Waals surface area contributed by atoms with E-state index in [1.807, 2.05) is 0 Å². The molecule has 0 radical (unpaired) electrons. The van der Waals surface area contributed by atoms with Gasteiger partial charge in [0.15, 0.2) is 0 Å². The zero-order chi connectivity index (χ0) is 11.4. The third kappa shape index (κ3) is 2.55. The predicted octanol–water partition coefficient (Wildman–Crippen LogP) is -0.289. The van der Waals surface area contributed by atoms with Gasteiger partial charge in [-0.1, -0.05) is 0 Å². The summed E-state index contributed by atoms with van der Waals surface area (Å²) in [6, 6.07) is -0.669. The molecule has 0 saturated carbocycles. The van der Waals surface area contributed by atoms with Crippen molar-refractivity contribution in [3.05, 3.63) is 18.2 Å². The topological polar surface area (TPSA) is 73.2 Å². The van der Waals surface area contributed by atoms with Crippen molar-refractivity contribution in [2.45, 2.75) is 13.0 Å². The van der Waals surface area contributed by atoms with E-state index >= 15 is 0 Å². The summed E-state index contributed by atoms with van der Waals surface area (Å²) in [5, 5.41) is 2.50. The van der Waals surface area contributed by atoms with Gasteiger partial charge in [-0.15, -0.1) is 0 Å². The number of ether oxygens (including phenoxy) is 1. The van der Waals surface area contributed by atoms with E-state index in [-0.39, 0.29) is 5.91 Å². The summed E-state index contributed by atoms with van der Waals surface area (Å²) >= 11 is 0. The van der Waals surface area contributed by atoms with Gasteiger partial charge < -0.3 is 14.6 Å². The second-order valence-electron chi connectivity index (χ2n) is 3.11. The normalized spacial score (nSPS) is 11.9. The van der Waals surface area contributed by atoms with Gasteiger partial charge in [0.1, 0.15) is 11.7 Å². The number of rotatable bonds is 3. The van der Waals surface area contributed by atoms with Gasteiger partial charge in [-0.3, -0.25) is 4.79 Å². The summed E-state index contributed by atoms with van der Waals surface area (Å²) < 4.78 is 6.05. The summed E-state index contributed by atoms with van der Waals surface area (Å²) in [5.74, 6) is -0.835. The fourth-order valence-electron chi connectivity index (χ4n) is 1.08. The van der Waals surface area contributed by atoms with Crippen LogP contribution in [0.25, 0.3) is 0 Å². The quantitative estimate of drug-likeness (QED) is 0.697. The number of imidazole rings is 1. The molecule has 0 aliphatic heterocycles. The first-order chi connectivity index (χ1) is 7.06. The molecule has 1 unspecified atom stereocenters. The molecule has 0 aliphatic carbocycles. The molecule has 0 bridgehead atoms. The lowest BCUT2D eigenvalue weighted by atomic mass is 10.3. The van der Waals surface area contributed by atoms with E-state index in [0.29, 0.717) is 5.69 Å². The Hall–Kier alpha value is -1.85. The minimum atomic E-state index is -0.669. The minimum absolute atomic E-state index is 0.354. The molecule has 15 heavy (non-hydrogen) atoms. The molecule has 1 amide bonds. The zero-order valence-corrected chi connectivity index (χ0v) is 8.85. The maximum atomic E-state index is 11.6. The molecule has 0 spiro atoms. The molecule has 1 atom stereocenters. The molecule has 6 heteroatoms. The first kappa shape index (κ1) is 11.2. The molecule has 0 aliphatic rings. The number of methoxy groups -OCH3 is 1. The summed E-state index contributed by atoms with van der Waals surface area (Å²) in [7, 11) is 2.97. The van der Waals surface area contributed by atoms with Crippen molar-refractivity contribution in [3.8, 4) is 0 Å². The number of esters is 1. The monoisotopic (exact) mass is 211 g/mol. The van der Waals surface area contributed by atoms with Crippen molar-refractivity contribution in [3.63, 3.8) is 0 Å². The summed E-state index contributed by atoms with van der Waals surface area (Å²) in [5.41, 5.74) is 0.394. The number of carbonyl (C=O) groups is 2. The van der Waals surface area contributed by atoms with Crippen LogP contribution in [0.3, 0.4) is 0 Å². The van der Waals surface area contributed by atoms with Crippen LogP contribution in [-0.4, -0.2) is 34.6 Å². The lowest BCUT2D eigenvalue weighted by molar-refractivity contribution is -0.142. The molecule has 1 heterocycles. The van der Waals surface area contributed by atoms with Crippen LogP contribution in [0, 0.1) is 0 Å². The Morgan fingerprint density at radius 2 is 2.27 bits per heavy atom. The smallest absolute Gasteiger partial charge is 0.328 e. The average Bonchev–Trinajstić information content (AvgIpc) is 2.63. The molecule has 6 nitrogen and oxygen atoms in total. The standard InChI is InChI=1S/C9H13N3O3/c1-6(9(14)15-3)11-8(13)7-4-10-5-12(7)2/h4-6H,1-3H3,(H,11,13). The van der Waals surface area contributed by atoms with Crippen LogP contribution < -0.4 is 5.32 Å². The Morgan fingerprint density at radius 3 is 2.73 bits per heavy atom. The number of aromatic nitrogens is 2. The van der Waals surface area contributed by atoms with E-state index in [4.69, 9.17) is 0 Å². The Bertz CT molecular complexity index is 372. The van der Waals surface area contributed by atoms with Crippen LogP contribution in [0.1, 0.15) is 17.4 Å². The molecule has 1 N–H and O–H groups in total. The predicted molar refractivity (Wildman–Crippen MR) is 52.2 cm³/mol. The fraction of sp³-hybridized carbons (Fsp3) is 0.444. The van der Waals surface area contributed by atoms with Crippen LogP contribution >= 0.6 is 0 Å². The second-order valence-corrected chi connectivity index (χ2v) is 3.11. The molecular weight excluding hydrogens is 198 g/mol. The molecule has 0 saturated heterocycles. The van der Waals surface area contributed by atoms with Gasteiger partial charge in [0, 0.05) is 7.05 Å². The van der Waals surface area contributed by atoms with E-state index in [1.165, 1.54) is 19.6 Å². The lowest BCUT2D eigenvalue weighted by Crippen LogP contribution is -2.39. The summed E-state index contributed by atoms with van der Waals surface area (Å²) in [6.07, 6.45) is 2.94. The van der Waals surface area contributed by atoms with Crippen molar-refractivity contribution in [2.75, 3.05) is 7.11 Å². The third-order valence-corrected chi connectivity index (χ3v) is 1.95. The highest BCUT2D eigenvalue weighted by Gasteiger charge is 2.18. The third-order valence-electron chi connectivity index (χ3n) is 1.95. The van der Waals surface area contributed by atoms with Crippen molar-refractivity contribution in [2.24, 2.45) is 7.05 Å². The highest BCUT2D eigenvalue weighted by molar-refractivity contribution is 5.95. The number of nitrogens with one attached hydrogen (secondary N) is 1. The van der Waals surface area contributed by atoms with Gasteiger partial charge in [-0.25, -0.2) is 9.78 Å². The Labute approximate surface area is 87.2 Å². The van der Waals surface area contributed by atoms with Gasteiger partial charge in [-0.2, -0.15) is 0 Å². The van der Waals surface area contributed by atoms with Crippen molar-refractivity contribution in [1.82, 2.24) is 14.9 Å². The highest BCUT2D eigenvalue weighted by atomic mass is 16.5. The fourth-order valence-corrected chi connectivity index (χ4v) is 1.08. The number of amides is 1. The van der Waals surface area contributed by atoms with E-state index in [2.05, 4.69) is 15.0 Å². The summed E-state index contributed by atoms with van der Waals surface area (Å²) in [4.78, 5) is 26.4. The number of carbonyl (C=O) groups excluding carboxylic acids is 2. The Kier molecular flexibility index (Phi) is 3.43. The number of hydrogen-bond acceptors (Lipinski definition) is 4. The molecule has 0 fully saturated rings. The maximum Gasteiger partial charge on any atom is 0.328 e. The molecule has 1 rings (SSSR count). The average molecular weight is 211 g/mol. The number of aryl methyl sites for hydroxylation is 1. The summed E-state index contributed by atoms with van der Waals surface area (Å²) in [6.45, 7) is 1.56. The van der Waals surface area contributed by atoms with E-state index in [1.54, 1.807) is 18.5 Å². The Morgan fingerprint density at radius 1 is 1.60 bits per heavy atom. The van der Waals surface area contributed by atoms with Crippen molar-refractivity contribution < 1.29 is 14.3 Å². The SMILES string of the molecule is COC(=O)C(C)NC(=O)c1cncn1C. The molecule has 82 valence electrons. The number of nitrogens with zero attached hydrogens (tertiary/aromatic N) is 2. The maximum absolute atomic E-state index is 11.6. The molecule has 1 aromatic rings. The Balaban J connectivity index is 2.64. The minimum Gasteiger partial charge on any atom is -0.467 e. The lowest BCUT2D eigenvalue weighted by Gasteiger charge is -2.11. The van der Waals surface area contributed by atoms with Gasteiger partial charge in [0.05, 0.1) is 19.6 Å². The van der Waals surface area contributed by atoms with Crippen LogP contribution in [0.4, 0.5) is 0 Å². The van der Waals surface area contributed by atoms with Gasteiger partial charge in [0.2, 0.25) is 0 Å². The van der Waals surface area contributed by atoms with Crippen molar-refractivity contribution in [1.29, 1.82) is 0 Å². The molecule has 0 aromatic carbocycles. The largest absolute Gasteiger partial charge is 0.467 e. The first-order valence-corrected chi connectivity index (χ1v) is 4.41. The van der Waals surface area contributed by atoms with Crippen LogP contribution in [0.2, 0.25) is 0 Å². The van der Waals surface area contributed by atoms with Gasteiger partial charge in [0.25, 0.3) is 5.91 Å². The van der Waals surface area contributed by atoms with Crippen LogP contribution in [0.15, 0.2) is 12.5 Å². The van der Waals surface area contributed by atoms with Crippen LogP contribution in [-0.2, 0) is 16.6 Å². The molecule has 1 aromatic heterocycles. The van der Waals surface area contributed by atoms with E-state index in [9.17, 15) is 9.59 Å². The van der Waals surface area contributed by atoms with Gasteiger partial charge >= 0.3 is 5.97 Å². The van der Waals surface area contributed by atoms with Crippen molar-refractivity contribution >= 4 is 11.9 Å². The van der Waals surface area contributed by atoms with E-state index < -0.39 is 12.0 Å². The van der Waals surface area contributed by atoms with Crippen LogP contribution in [0.5, 0.6) is 0 Å². The zero-order valence-electron chi connectivity index (χ0n) is 8.85. The van der Waals surface area contributed by atoms with Gasteiger partial charge in [-0.05, 0) is 6.92 Å². The second kappa shape index (κ2) is 4.59. The first-order valence-electron chi connectivity index (χ1n) is 4.41. The molecular formula is C9H13N3O3. The number of hydrogen-bond donors (Lipinski definition) is 1. The van der Waals surface area contributed by atoms with E-state index in [0.717, 1.165) is 0 Å². The highest BCUT2D eigenvalue weighted by Crippen LogP contribution is 1.97.